The fraction of sp³-hybridized carbons (Fsp3) is 0.438. The number of benzene rings is 1. The number of aryl methyl sites for hydroxylation is 1. The highest BCUT2D eigenvalue weighted by Crippen LogP contribution is 2.24. The Bertz CT molecular complexity index is 640. The summed E-state index contributed by atoms with van der Waals surface area (Å²) in [4.78, 5) is 28.3. The van der Waals surface area contributed by atoms with E-state index in [9.17, 15) is 9.59 Å². The highest BCUT2D eigenvalue weighted by atomic mass is 16.6. The lowest BCUT2D eigenvalue weighted by Gasteiger charge is -2.18. The number of nitrogens with zero attached hydrogens (tertiary/aromatic N) is 1. The number of primary amides is 1. The molecule has 2 amide bonds. The molecule has 116 valence electrons. The number of carbonyl (C=O) groups is 2. The van der Waals surface area contributed by atoms with E-state index in [1.165, 1.54) is 12.0 Å². The molecule has 1 aromatic carbocycles. The summed E-state index contributed by atoms with van der Waals surface area (Å²) >= 11 is 0. The molecule has 1 aliphatic heterocycles. The van der Waals surface area contributed by atoms with Crippen molar-refractivity contribution in [3.63, 3.8) is 0 Å². The van der Waals surface area contributed by atoms with E-state index in [2.05, 4.69) is 16.5 Å². The van der Waals surface area contributed by atoms with Gasteiger partial charge in [0.25, 0.3) is 11.8 Å². The number of oxime groups is 1. The first-order valence-electron chi connectivity index (χ1n) is 7.55. The van der Waals surface area contributed by atoms with Gasteiger partial charge in [0.1, 0.15) is 0 Å². The van der Waals surface area contributed by atoms with E-state index in [1.807, 2.05) is 12.1 Å². The molecular weight excluding hydrogens is 282 g/mol. The van der Waals surface area contributed by atoms with E-state index >= 15 is 0 Å². The minimum absolute atomic E-state index is 0.107. The molecule has 1 heterocycles. The molecule has 1 unspecified atom stereocenters. The number of hydrogen-bond acceptors (Lipinski definition) is 4. The molecule has 6 nitrogen and oxygen atoms in total. The van der Waals surface area contributed by atoms with Gasteiger partial charge >= 0.3 is 0 Å². The van der Waals surface area contributed by atoms with Crippen LogP contribution in [0.25, 0.3) is 0 Å². The van der Waals surface area contributed by atoms with Crippen LogP contribution in [0.3, 0.4) is 0 Å². The van der Waals surface area contributed by atoms with Crippen molar-refractivity contribution in [3.8, 4) is 0 Å². The first kappa shape index (κ1) is 14.6. The average Bonchev–Trinajstić information content (AvgIpc) is 3.01. The number of amides is 2. The number of hydrogen-bond donors (Lipinski definition) is 2. The number of nitrogens with two attached hydrogens (primary N) is 1. The van der Waals surface area contributed by atoms with E-state index < -0.39 is 12.0 Å². The van der Waals surface area contributed by atoms with Crippen LogP contribution in [0, 0.1) is 0 Å². The smallest absolute Gasteiger partial charge is 0.261 e. The first-order valence-corrected chi connectivity index (χ1v) is 7.55. The Morgan fingerprint density at radius 2 is 2.14 bits per heavy atom. The maximum Gasteiger partial charge on any atom is 0.261 e. The molecule has 1 aromatic rings. The second kappa shape index (κ2) is 6.17. The minimum atomic E-state index is -0.712. The van der Waals surface area contributed by atoms with Crippen LogP contribution >= 0.6 is 0 Å². The Balaban J connectivity index is 1.63. The minimum Gasteiger partial charge on any atom is -0.382 e. The van der Waals surface area contributed by atoms with Gasteiger partial charge in [0.05, 0.1) is 12.3 Å². The molecule has 0 bridgehead atoms. The van der Waals surface area contributed by atoms with Crippen molar-refractivity contribution in [1.82, 2.24) is 5.32 Å². The predicted molar refractivity (Wildman–Crippen MR) is 81.5 cm³/mol. The van der Waals surface area contributed by atoms with Gasteiger partial charge in [-0.3, -0.25) is 9.59 Å². The summed E-state index contributed by atoms with van der Waals surface area (Å²) in [6, 6.07) is 5.88. The van der Waals surface area contributed by atoms with Gasteiger partial charge in [-0.15, -0.1) is 0 Å². The molecule has 0 saturated carbocycles. The van der Waals surface area contributed by atoms with Crippen LogP contribution in [0.2, 0.25) is 0 Å². The van der Waals surface area contributed by atoms with Gasteiger partial charge in [-0.2, -0.15) is 0 Å². The van der Waals surface area contributed by atoms with Gasteiger partial charge in [-0.1, -0.05) is 17.3 Å². The van der Waals surface area contributed by atoms with Gasteiger partial charge in [-0.05, 0) is 42.9 Å². The second-order valence-corrected chi connectivity index (χ2v) is 5.69. The summed E-state index contributed by atoms with van der Waals surface area (Å²) in [5.74, 6) is -0.647. The lowest BCUT2D eigenvalue weighted by Crippen LogP contribution is -2.33. The van der Waals surface area contributed by atoms with Crippen LogP contribution < -0.4 is 11.1 Å². The van der Waals surface area contributed by atoms with Crippen LogP contribution in [0.1, 0.15) is 40.7 Å². The lowest BCUT2D eigenvalue weighted by atomic mass is 9.88. The predicted octanol–water partition coefficient (Wildman–Crippen LogP) is 0.925. The topological polar surface area (TPSA) is 93.8 Å². The van der Waals surface area contributed by atoms with Crippen LogP contribution in [-0.4, -0.2) is 30.2 Å². The zero-order valence-corrected chi connectivity index (χ0v) is 12.3. The summed E-state index contributed by atoms with van der Waals surface area (Å²) in [6.07, 6.45) is 3.92. The highest BCUT2D eigenvalue weighted by Gasteiger charge is 2.26. The molecule has 2 aliphatic rings. The van der Waals surface area contributed by atoms with E-state index in [0.29, 0.717) is 12.1 Å². The van der Waals surface area contributed by atoms with Crippen molar-refractivity contribution >= 4 is 17.5 Å². The Morgan fingerprint density at radius 1 is 1.32 bits per heavy atom. The quantitative estimate of drug-likeness (QED) is 0.866. The maximum absolute atomic E-state index is 12.4. The SMILES string of the molecule is NC(=O)C1CC(CNC(=O)c2cccc3c2CCCC3)=NO1. The normalized spacial score (nSPS) is 19.8. The molecule has 0 fully saturated rings. The summed E-state index contributed by atoms with van der Waals surface area (Å²) in [7, 11) is 0. The largest absolute Gasteiger partial charge is 0.382 e. The second-order valence-electron chi connectivity index (χ2n) is 5.69. The average molecular weight is 301 g/mol. The van der Waals surface area contributed by atoms with Crippen molar-refractivity contribution in [2.24, 2.45) is 10.9 Å². The van der Waals surface area contributed by atoms with Gasteiger partial charge in [0, 0.05) is 12.0 Å². The Hall–Kier alpha value is -2.37. The van der Waals surface area contributed by atoms with Crippen LogP contribution in [0.15, 0.2) is 23.4 Å². The van der Waals surface area contributed by atoms with Gasteiger partial charge in [0.2, 0.25) is 6.10 Å². The standard InChI is InChI=1S/C16H19N3O3/c17-15(20)14-8-11(19-22-14)9-18-16(21)13-7-3-5-10-4-1-2-6-12(10)13/h3,5,7,14H,1-2,4,6,8-9H2,(H2,17,20)(H,18,21). The number of rotatable bonds is 4. The molecule has 3 N–H and O–H groups in total. The zero-order valence-electron chi connectivity index (χ0n) is 12.3. The monoisotopic (exact) mass is 301 g/mol. The third-order valence-electron chi connectivity index (χ3n) is 4.14. The zero-order chi connectivity index (χ0) is 15.5. The molecule has 3 rings (SSSR count). The Morgan fingerprint density at radius 3 is 2.91 bits per heavy atom. The van der Waals surface area contributed by atoms with E-state index in [-0.39, 0.29) is 12.5 Å². The molecule has 22 heavy (non-hydrogen) atoms. The first-order chi connectivity index (χ1) is 10.6. The van der Waals surface area contributed by atoms with Gasteiger partial charge in [-0.25, -0.2) is 0 Å². The fourth-order valence-electron chi connectivity index (χ4n) is 2.96. The number of carbonyl (C=O) groups excluding carboxylic acids is 2. The van der Waals surface area contributed by atoms with Crippen molar-refractivity contribution in [1.29, 1.82) is 0 Å². The summed E-state index contributed by atoms with van der Waals surface area (Å²) in [5, 5.41) is 6.64. The van der Waals surface area contributed by atoms with E-state index in [4.69, 9.17) is 10.6 Å². The third-order valence-corrected chi connectivity index (χ3v) is 4.14. The maximum atomic E-state index is 12.4. The summed E-state index contributed by atoms with van der Waals surface area (Å²) in [5.41, 5.74) is 8.96. The molecule has 1 atom stereocenters. The lowest BCUT2D eigenvalue weighted by molar-refractivity contribution is -0.127. The number of fused-ring (bicyclic) bond motifs is 1. The molecule has 0 saturated heterocycles. The van der Waals surface area contributed by atoms with Crippen molar-refractivity contribution in [2.75, 3.05) is 6.54 Å². The van der Waals surface area contributed by atoms with E-state index in [0.717, 1.165) is 30.4 Å². The molecule has 0 radical (unpaired) electrons. The van der Waals surface area contributed by atoms with Gasteiger partial charge in [0.15, 0.2) is 0 Å². The van der Waals surface area contributed by atoms with Gasteiger partial charge < -0.3 is 15.9 Å². The number of nitrogens with one attached hydrogen (secondary N) is 1. The molecule has 1 aliphatic carbocycles. The van der Waals surface area contributed by atoms with Crippen LogP contribution in [0.4, 0.5) is 0 Å². The van der Waals surface area contributed by atoms with Crippen LogP contribution in [-0.2, 0) is 22.5 Å². The molecule has 0 spiro atoms. The molecule has 6 heteroatoms. The summed E-state index contributed by atoms with van der Waals surface area (Å²) in [6.45, 7) is 0.270. The molecular formula is C16H19N3O3. The van der Waals surface area contributed by atoms with E-state index in [1.54, 1.807) is 0 Å². The Labute approximate surface area is 128 Å². The van der Waals surface area contributed by atoms with Crippen molar-refractivity contribution in [3.05, 3.63) is 34.9 Å². The fourth-order valence-corrected chi connectivity index (χ4v) is 2.96. The van der Waals surface area contributed by atoms with Crippen LogP contribution in [0.5, 0.6) is 0 Å². The molecule has 0 aromatic heterocycles. The Kier molecular flexibility index (Phi) is 4.09. The van der Waals surface area contributed by atoms with Crippen molar-refractivity contribution in [2.45, 2.75) is 38.2 Å². The third kappa shape index (κ3) is 2.95. The summed E-state index contributed by atoms with van der Waals surface area (Å²) < 4.78 is 0. The highest BCUT2D eigenvalue weighted by molar-refractivity contribution is 6.00. The van der Waals surface area contributed by atoms with Crippen molar-refractivity contribution < 1.29 is 14.4 Å².